The summed E-state index contributed by atoms with van der Waals surface area (Å²) in [5, 5.41) is 1.58. The zero-order valence-corrected chi connectivity index (χ0v) is 15.4. The number of halogens is 1. The van der Waals surface area contributed by atoms with E-state index in [1.807, 2.05) is 6.07 Å². The Morgan fingerprint density at radius 3 is 2.81 bits per heavy atom. The SMILES string of the molecule is O=c1oc2c3c(c(Cl)cc2c2c1CCCC2)OCN(CC1CCCO1)C3. The first-order valence-corrected chi connectivity index (χ1v) is 9.85. The Bertz CT molecular complexity index is 916. The summed E-state index contributed by atoms with van der Waals surface area (Å²) in [4.78, 5) is 14.7. The summed E-state index contributed by atoms with van der Waals surface area (Å²) in [5.74, 6) is 0.654. The molecule has 0 spiro atoms. The van der Waals surface area contributed by atoms with Crippen LogP contribution in [0, 0.1) is 0 Å². The predicted octanol–water partition coefficient (Wildman–Crippen LogP) is 3.66. The third-order valence-electron chi connectivity index (χ3n) is 5.77. The van der Waals surface area contributed by atoms with Crippen LogP contribution in [0.5, 0.6) is 5.75 Å². The van der Waals surface area contributed by atoms with E-state index in [0.717, 1.165) is 73.8 Å². The maximum Gasteiger partial charge on any atom is 0.339 e. The molecule has 1 atom stereocenters. The summed E-state index contributed by atoms with van der Waals surface area (Å²) in [6.45, 7) is 2.80. The second-order valence-corrected chi connectivity index (χ2v) is 7.92. The van der Waals surface area contributed by atoms with Crippen molar-refractivity contribution in [3.8, 4) is 5.75 Å². The Labute approximate surface area is 156 Å². The van der Waals surface area contributed by atoms with Gasteiger partial charge in [0.15, 0.2) is 0 Å². The molecule has 138 valence electrons. The van der Waals surface area contributed by atoms with Crippen LogP contribution >= 0.6 is 11.6 Å². The van der Waals surface area contributed by atoms with E-state index in [1.54, 1.807) is 0 Å². The maximum atomic E-state index is 12.5. The highest BCUT2D eigenvalue weighted by Gasteiger charge is 2.29. The average Bonchev–Trinajstić information content (AvgIpc) is 3.16. The molecule has 26 heavy (non-hydrogen) atoms. The third kappa shape index (κ3) is 2.73. The van der Waals surface area contributed by atoms with Crippen molar-refractivity contribution in [2.24, 2.45) is 0 Å². The number of nitrogens with zero attached hydrogens (tertiary/aromatic N) is 1. The Morgan fingerprint density at radius 2 is 2.00 bits per heavy atom. The molecule has 0 N–H and O–H groups in total. The lowest BCUT2D eigenvalue weighted by Gasteiger charge is -2.31. The standard InChI is InChI=1S/C20H22ClNO4/c21-17-8-15-13-5-1-2-6-14(13)20(23)26-18(15)16-10-22(11-25-19(16)17)9-12-4-3-7-24-12/h8,12H,1-7,9-11H2. The lowest BCUT2D eigenvalue weighted by Crippen LogP contribution is -2.37. The molecule has 0 radical (unpaired) electrons. The quantitative estimate of drug-likeness (QED) is 0.750. The second-order valence-electron chi connectivity index (χ2n) is 7.52. The molecule has 0 amide bonds. The zero-order chi connectivity index (χ0) is 17.7. The molecule has 1 unspecified atom stereocenters. The number of benzene rings is 1. The van der Waals surface area contributed by atoms with Gasteiger partial charge in [0.25, 0.3) is 0 Å². The minimum Gasteiger partial charge on any atom is -0.476 e. The normalized spacial score (nSPS) is 22.9. The highest BCUT2D eigenvalue weighted by atomic mass is 35.5. The average molecular weight is 376 g/mol. The number of hydrogen-bond donors (Lipinski definition) is 0. The van der Waals surface area contributed by atoms with Crippen LogP contribution in [-0.2, 0) is 24.1 Å². The Balaban J connectivity index is 1.59. The first-order valence-electron chi connectivity index (χ1n) is 9.47. The van der Waals surface area contributed by atoms with Gasteiger partial charge in [0.2, 0.25) is 0 Å². The second kappa shape index (κ2) is 6.55. The Hall–Kier alpha value is -1.56. The van der Waals surface area contributed by atoms with Crippen LogP contribution in [0.25, 0.3) is 11.0 Å². The maximum absolute atomic E-state index is 12.5. The van der Waals surface area contributed by atoms with Gasteiger partial charge in [-0.3, -0.25) is 4.90 Å². The minimum atomic E-state index is -0.201. The van der Waals surface area contributed by atoms with Crippen molar-refractivity contribution in [3.05, 3.63) is 38.2 Å². The minimum absolute atomic E-state index is 0.201. The first-order chi connectivity index (χ1) is 12.7. The summed E-state index contributed by atoms with van der Waals surface area (Å²) in [6.07, 6.45) is 6.30. The molecule has 1 fully saturated rings. The van der Waals surface area contributed by atoms with Crippen LogP contribution in [0.4, 0.5) is 0 Å². The molecule has 1 aromatic heterocycles. The van der Waals surface area contributed by atoms with Crippen LogP contribution in [0.3, 0.4) is 0 Å². The van der Waals surface area contributed by atoms with Gasteiger partial charge in [0, 0.05) is 30.6 Å². The predicted molar refractivity (Wildman–Crippen MR) is 99.0 cm³/mol. The fraction of sp³-hybridized carbons (Fsp3) is 0.550. The molecule has 5 nitrogen and oxygen atoms in total. The topological polar surface area (TPSA) is 51.9 Å². The molecule has 2 aromatic rings. The van der Waals surface area contributed by atoms with Crippen LogP contribution in [0.1, 0.15) is 42.4 Å². The van der Waals surface area contributed by atoms with Crippen molar-refractivity contribution in [1.82, 2.24) is 4.90 Å². The van der Waals surface area contributed by atoms with Crippen LogP contribution in [0.15, 0.2) is 15.3 Å². The number of ether oxygens (including phenoxy) is 2. The highest BCUT2D eigenvalue weighted by molar-refractivity contribution is 6.33. The van der Waals surface area contributed by atoms with Gasteiger partial charge in [0.05, 0.1) is 16.7 Å². The van der Waals surface area contributed by atoms with E-state index in [1.165, 1.54) is 0 Å². The van der Waals surface area contributed by atoms with Crippen molar-refractivity contribution < 1.29 is 13.9 Å². The largest absolute Gasteiger partial charge is 0.476 e. The van der Waals surface area contributed by atoms with Gasteiger partial charge >= 0.3 is 5.63 Å². The number of rotatable bonds is 2. The van der Waals surface area contributed by atoms with Gasteiger partial charge in [-0.05, 0) is 50.2 Å². The van der Waals surface area contributed by atoms with E-state index in [4.69, 9.17) is 25.5 Å². The molecule has 5 rings (SSSR count). The molecule has 0 bridgehead atoms. The molecule has 0 saturated carbocycles. The van der Waals surface area contributed by atoms with Crippen molar-refractivity contribution in [2.45, 2.75) is 51.2 Å². The zero-order valence-electron chi connectivity index (χ0n) is 14.7. The van der Waals surface area contributed by atoms with Crippen molar-refractivity contribution in [3.63, 3.8) is 0 Å². The summed E-state index contributed by atoms with van der Waals surface area (Å²) in [5.41, 5.74) is 3.28. The van der Waals surface area contributed by atoms with Gasteiger partial charge in [-0.1, -0.05) is 11.6 Å². The number of aryl methyl sites for hydroxylation is 1. The molecular weight excluding hydrogens is 354 g/mol. The lowest BCUT2D eigenvalue weighted by atomic mass is 9.90. The van der Waals surface area contributed by atoms with E-state index in [0.29, 0.717) is 29.6 Å². The van der Waals surface area contributed by atoms with E-state index >= 15 is 0 Å². The molecule has 1 aliphatic carbocycles. The van der Waals surface area contributed by atoms with Crippen molar-refractivity contribution >= 4 is 22.6 Å². The lowest BCUT2D eigenvalue weighted by molar-refractivity contribution is 0.0281. The monoisotopic (exact) mass is 375 g/mol. The third-order valence-corrected chi connectivity index (χ3v) is 6.05. The van der Waals surface area contributed by atoms with Gasteiger partial charge in [-0.2, -0.15) is 0 Å². The molecule has 3 aliphatic rings. The van der Waals surface area contributed by atoms with Crippen LogP contribution < -0.4 is 10.4 Å². The summed E-state index contributed by atoms with van der Waals surface area (Å²) in [6, 6.07) is 1.92. The molecule has 2 aliphatic heterocycles. The molecule has 1 aromatic carbocycles. The Morgan fingerprint density at radius 1 is 1.15 bits per heavy atom. The van der Waals surface area contributed by atoms with Gasteiger partial charge < -0.3 is 13.9 Å². The number of hydrogen-bond acceptors (Lipinski definition) is 5. The number of fused-ring (bicyclic) bond motifs is 5. The summed E-state index contributed by atoms with van der Waals surface area (Å²) in [7, 11) is 0. The van der Waals surface area contributed by atoms with E-state index < -0.39 is 0 Å². The first kappa shape index (κ1) is 16.6. The van der Waals surface area contributed by atoms with E-state index in [-0.39, 0.29) is 11.7 Å². The summed E-state index contributed by atoms with van der Waals surface area (Å²) < 4.78 is 17.5. The fourth-order valence-electron chi connectivity index (χ4n) is 4.51. The van der Waals surface area contributed by atoms with Crippen LogP contribution in [0.2, 0.25) is 5.02 Å². The van der Waals surface area contributed by atoms with E-state index in [2.05, 4.69) is 4.90 Å². The molecular formula is C20H22ClNO4. The van der Waals surface area contributed by atoms with Crippen molar-refractivity contribution in [1.29, 1.82) is 0 Å². The van der Waals surface area contributed by atoms with Gasteiger partial charge in [-0.25, -0.2) is 4.79 Å². The molecule has 1 saturated heterocycles. The van der Waals surface area contributed by atoms with E-state index in [9.17, 15) is 4.79 Å². The smallest absolute Gasteiger partial charge is 0.339 e. The Kier molecular flexibility index (Phi) is 4.18. The van der Waals surface area contributed by atoms with Gasteiger partial charge in [-0.15, -0.1) is 0 Å². The fourth-order valence-corrected chi connectivity index (χ4v) is 4.79. The molecule has 6 heteroatoms. The van der Waals surface area contributed by atoms with Crippen LogP contribution in [-0.4, -0.2) is 30.9 Å². The summed E-state index contributed by atoms with van der Waals surface area (Å²) >= 11 is 6.53. The molecule has 3 heterocycles. The van der Waals surface area contributed by atoms with Crippen molar-refractivity contribution in [2.75, 3.05) is 19.9 Å². The highest BCUT2D eigenvalue weighted by Crippen LogP contribution is 2.41. The van der Waals surface area contributed by atoms with Gasteiger partial charge in [0.1, 0.15) is 18.1 Å².